The molecule has 0 saturated carbocycles. The van der Waals surface area contributed by atoms with E-state index in [0.29, 0.717) is 12.8 Å². The van der Waals surface area contributed by atoms with Crippen molar-refractivity contribution in [3.63, 3.8) is 0 Å². The highest BCUT2D eigenvalue weighted by atomic mass is 16.4. The van der Waals surface area contributed by atoms with Crippen LogP contribution in [0, 0.1) is 5.41 Å². The lowest BCUT2D eigenvalue weighted by molar-refractivity contribution is -0.129. The molecule has 1 amide bonds. The van der Waals surface area contributed by atoms with Crippen LogP contribution in [-0.4, -0.2) is 22.5 Å². The van der Waals surface area contributed by atoms with Crippen LogP contribution in [0.4, 0.5) is 0 Å². The van der Waals surface area contributed by atoms with Gasteiger partial charge in [-0.1, -0.05) is 32.3 Å². The molecule has 0 unspecified atom stereocenters. The Morgan fingerprint density at radius 3 is 2.11 bits per heavy atom. The van der Waals surface area contributed by atoms with E-state index in [2.05, 4.69) is 17.4 Å². The third-order valence-corrected chi connectivity index (χ3v) is 3.57. The van der Waals surface area contributed by atoms with Gasteiger partial charge in [-0.25, -0.2) is 0 Å². The Kier molecular flexibility index (Phi) is 6.15. The van der Waals surface area contributed by atoms with Crippen LogP contribution < -0.4 is 11.1 Å². The van der Waals surface area contributed by atoms with Crippen molar-refractivity contribution in [1.82, 2.24) is 5.32 Å². The van der Waals surface area contributed by atoms with E-state index >= 15 is 0 Å². The molecular formula is C13H27N3O2. The highest BCUT2D eigenvalue weighted by molar-refractivity contribution is 6.06. The normalized spacial score (nSPS) is 13.5. The van der Waals surface area contributed by atoms with E-state index < -0.39 is 5.41 Å². The van der Waals surface area contributed by atoms with E-state index in [-0.39, 0.29) is 17.3 Å². The number of nitrogens with two attached hydrogens (primary N) is 1. The van der Waals surface area contributed by atoms with Crippen molar-refractivity contribution in [2.45, 2.75) is 65.8 Å². The summed E-state index contributed by atoms with van der Waals surface area (Å²) in [6, 6.07) is 0. The Hall–Kier alpha value is -1.26. The van der Waals surface area contributed by atoms with E-state index in [9.17, 15) is 4.79 Å². The quantitative estimate of drug-likeness (QED) is 0.283. The second-order valence-corrected chi connectivity index (χ2v) is 5.36. The van der Waals surface area contributed by atoms with Gasteiger partial charge >= 0.3 is 0 Å². The first kappa shape index (κ1) is 16.7. The minimum atomic E-state index is -0.917. The number of rotatable bonds is 7. The van der Waals surface area contributed by atoms with Gasteiger partial charge in [-0.15, -0.1) is 0 Å². The number of oxime groups is 1. The van der Waals surface area contributed by atoms with Crippen LogP contribution in [0.5, 0.6) is 0 Å². The summed E-state index contributed by atoms with van der Waals surface area (Å²) in [4.78, 5) is 12.4. The van der Waals surface area contributed by atoms with Crippen LogP contribution in [0.2, 0.25) is 0 Å². The van der Waals surface area contributed by atoms with Gasteiger partial charge in [0.05, 0.1) is 0 Å². The fraction of sp³-hybridized carbons (Fsp3) is 0.846. The Bertz CT molecular complexity index is 307. The predicted octanol–water partition coefficient (Wildman–Crippen LogP) is 2.23. The van der Waals surface area contributed by atoms with E-state index in [1.165, 1.54) is 0 Å². The first-order valence-corrected chi connectivity index (χ1v) is 6.60. The van der Waals surface area contributed by atoms with Gasteiger partial charge in [0, 0.05) is 5.54 Å². The van der Waals surface area contributed by atoms with Crippen molar-refractivity contribution in [3.05, 3.63) is 0 Å². The number of amidine groups is 1. The van der Waals surface area contributed by atoms with E-state index in [1.54, 1.807) is 0 Å². The summed E-state index contributed by atoms with van der Waals surface area (Å²) in [6.07, 6.45) is 2.89. The highest BCUT2D eigenvalue weighted by Gasteiger charge is 2.41. The van der Waals surface area contributed by atoms with Gasteiger partial charge in [0.25, 0.3) is 0 Å². The molecule has 0 aliphatic rings. The fourth-order valence-corrected chi connectivity index (χ4v) is 2.26. The first-order valence-electron chi connectivity index (χ1n) is 6.60. The molecule has 0 radical (unpaired) electrons. The standard InChI is InChI=1S/C13H27N3O2/c1-6-9-12(4,5)15-11(17)13(7-2,8-3)10(14)16-18/h18H,6-9H2,1-5H3,(H2,14,16)(H,15,17). The van der Waals surface area contributed by atoms with E-state index in [0.717, 1.165) is 12.8 Å². The van der Waals surface area contributed by atoms with Crippen molar-refractivity contribution in [2.24, 2.45) is 16.3 Å². The Morgan fingerprint density at radius 2 is 1.78 bits per heavy atom. The molecule has 0 fully saturated rings. The van der Waals surface area contributed by atoms with Crippen molar-refractivity contribution in [1.29, 1.82) is 0 Å². The molecule has 0 bridgehead atoms. The predicted molar refractivity (Wildman–Crippen MR) is 73.6 cm³/mol. The monoisotopic (exact) mass is 257 g/mol. The molecule has 5 nitrogen and oxygen atoms in total. The number of amides is 1. The molecule has 0 aliphatic carbocycles. The highest BCUT2D eigenvalue weighted by Crippen LogP contribution is 2.28. The molecule has 0 rings (SSSR count). The van der Waals surface area contributed by atoms with Gasteiger partial charge in [-0.05, 0) is 33.1 Å². The average molecular weight is 257 g/mol. The summed E-state index contributed by atoms with van der Waals surface area (Å²) in [7, 11) is 0. The van der Waals surface area contributed by atoms with Crippen LogP contribution in [0.25, 0.3) is 0 Å². The number of carbonyl (C=O) groups is 1. The smallest absolute Gasteiger partial charge is 0.234 e. The zero-order valence-electron chi connectivity index (χ0n) is 12.2. The topological polar surface area (TPSA) is 87.7 Å². The van der Waals surface area contributed by atoms with Crippen LogP contribution in [0.3, 0.4) is 0 Å². The third kappa shape index (κ3) is 3.62. The van der Waals surface area contributed by atoms with Crippen LogP contribution in [0.15, 0.2) is 5.16 Å². The van der Waals surface area contributed by atoms with Gasteiger partial charge in [0.2, 0.25) is 5.91 Å². The maximum absolute atomic E-state index is 12.4. The Morgan fingerprint density at radius 1 is 1.28 bits per heavy atom. The van der Waals surface area contributed by atoms with Gasteiger partial charge in [0.15, 0.2) is 5.84 Å². The lowest BCUT2D eigenvalue weighted by Crippen LogP contribution is -2.55. The number of hydrogen-bond donors (Lipinski definition) is 3. The van der Waals surface area contributed by atoms with Gasteiger partial charge < -0.3 is 16.3 Å². The molecule has 5 heteroatoms. The summed E-state index contributed by atoms with van der Waals surface area (Å²) in [5.74, 6) is -0.182. The minimum Gasteiger partial charge on any atom is -0.409 e. The molecule has 0 aromatic heterocycles. The van der Waals surface area contributed by atoms with Crippen molar-refractivity contribution < 1.29 is 10.0 Å². The molecule has 106 valence electrons. The maximum atomic E-state index is 12.4. The van der Waals surface area contributed by atoms with Gasteiger partial charge in [0.1, 0.15) is 5.41 Å². The van der Waals surface area contributed by atoms with Gasteiger partial charge in [-0.2, -0.15) is 0 Å². The number of carbonyl (C=O) groups excluding carboxylic acids is 1. The second-order valence-electron chi connectivity index (χ2n) is 5.36. The van der Waals surface area contributed by atoms with E-state index in [4.69, 9.17) is 10.9 Å². The largest absolute Gasteiger partial charge is 0.409 e. The number of hydrogen-bond acceptors (Lipinski definition) is 3. The number of nitrogens with zero attached hydrogens (tertiary/aromatic N) is 1. The summed E-state index contributed by atoms with van der Waals surface area (Å²) in [6.45, 7) is 9.78. The van der Waals surface area contributed by atoms with Crippen molar-refractivity contribution in [3.8, 4) is 0 Å². The summed E-state index contributed by atoms with van der Waals surface area (Å²) < 4.78 is 0. The average Bonchev–Trinajstić information content (AvgIpc) is 2.30. The SMILES string of the molecule is CCCC(C)(C)NC(=O)C(CC)(CC)C(N)=NO. The first-order chi connectivity index (χ1) is 8.29. The molecule has 18 heavy (non-hydrogen) atoms. The third-order valence-electron chi connectivity index (χ3n) is 3.57. The summed E-state index contributed by atoms with van der Waals surface area (Å²) in [5, 5.41) is 14.9. The summed E-state index contributed by atoms with van der Waals surface area (Å²) in [5.41, 5.74) is 4.51. The zero-order chi connectivity index (χ0) is 14.4. The Balaban J connectivity index is 5.12. The Labute approximate surface area is 110 Å². The molecular weight excluding hydrogens is 230 g/mol. The minimum absolute atomic E-state index is 0.0164. The fourth-order valence-electron chi connectivity index (χ4n) is 2.26. The maximum Gasteiger partial charge on any atom is 0.234 e. The van der Waals surface area contributed by atoms with Gasteiger partial charge in [-0.3, -0.25) is 4.79 Å². The lowest BCUT2D eigenvalue weighted by atomic mass is 9.79. The van der Waals surface area contributed by atoms with E-state index in [1.807, 2.05) is 27.7 Å². The second kappa shape index (κ2) is 6.61. The summed E-state index contributed by atoms with van der Waals surface area (Å²) >= 11 is 0. The number of nitrogens with one attached hydrogen (secondary N) is 1. The molecule has 0 spiro atoms. The molecule has 0 atom stereocenters. The lowest BCUT2D eigenvalue weighted by Gasteiger charge is -2.34. The molecule has 0 aromatic carbocycles. The molecule has 0 aliphatic heterocycles. The van der Waals surface area contributed by atoms with Crippen molar-refractivity contribution in [2.75, 3.05) is 0 Å². The molecule has 0 saturated heterocycles. The van der Waals surface area contributed by atoms with Crippen LogP contribution >= 0.6 is 0 Å². The van der Waals surface area contributed by atoms with Crippen LogP contribution in [-0.2, 0) is 4.79 Å². The molecule has 4 N–H and O–H groups in total. The molecule has 0 aromatic rings. The van der Waals surface area contributed by atoms with Crippen LogP contribution in [0.1, 0.15) is 60.3 Å². The zero-order valence-corrected chi connectivity index (χ0v) is 12.2. The van der Waals surface area contributed by atoms with Crippen molar-refractivity contribution >= 4 is 11.7 Å². The molecule has 0 heterocycles.